The summed E-state index contributed by atoms with van der Waals surface area (Å²) in [4.78, 5) is 4.60. The molecule has 0 aliphatic heterocycles. The number of methoxy groups -OCH3 is 1. The highest BCUT2D eigenvalue weighted by atomic mass is 16.5. The third-order valence-electron chi connectivity index (χ3n) is 3.11. The van der Waals surface area contributed by atoms with E-state index < -0.39 is 0 Å². The van der Waals surface area contributed by atoms with Crippen molar-refractivity contribution in [1.82, 2.24) is 10.6 Å². The van der Waals surface area contributed by atoms with E-state index in [1.54, 1.807) is 7.11 Å². The van der Waals surface area contributed by atoms with Gasteiger partial charge in [0, 0.05) is 26.3 Å². The molecule has 0 bridgehead atoms. The Kier molecular flexibility index (Phi) is 9.87. The van der Waals surface area contributed by atoms with E-state index in [0.717, 1.165) is 56.4 Å². The topological polar surface area (TPSA) is 54.9 Å². The Labute approximate surface area is 134 Å². The molecule has 0 spiro atoms. The Bertz CT molecular complexity index is 436. The molecule has 22 heavy (non-hydrogen) atoms. The molecule has 0 fully saturated rings. The fourth-order valence-corrected chi connectivity index (χ4v) is 1.96. The first kappa shape index (κ1) is 18.3. The highest BCUT2D eigenvalue weighted by molar-refractivity contribution is 5.79. The molecule has 0 aromatic heterocycles. The van der Waals surface area contributed by atoms with Gasteiger partial charge in [-0.05, 0) is 44.4 Å². The lowest BCUT2D eigenvalue weighted by Gasteiger charge is -2.11. The van der Waals surface area contributed by atoms with Crippen LogP contribution >= 0.6 is 0 Å². The number of ether oxygens (including phenoxy) is 2. The first-order chi connectivity index (χ1) is 10.8. The van der Waals surface area contributed by atoms with E-state index in [1.165, 1.54) is 0 Å². The molecule has 2 N–H and O–H groups in total. The molecule has 5 heteroatoms. The lowest BCUT2D eigenvalue weighted by molar-refractivity contribution is 0.143. The van der Waals surface area contributed by atoms with Crippen LogP contribution in [0.1, 0.15) is 32.3 Å². The molecule has 0 aliphatic carbocycles. The summed E-state index contributed by atoms with van der Waals surface area (Å²) in [7, 11) is 1.68. The van der Waals surface area contributed by atoms with Crippen molar-refractivity contribution in [3.05, 3.63) is 29.8 Å². The molecule has 0 radical (unpaired) electrons. The van der Waals surface area contributed by atoms with E-state index >= 15 is 0 Å². The zero-order valence-electron chi connectivity index (χ0n) is 14.0. The van der Waals surface area contributed by atoms with Crippen LogP contribution in [-0.4, -0.2) is 39.4 Å². The molecular weight excluding hydrogens is 278 g/mol. The molecule has 124 valence electrons. The number of rotatable bonds is 10. The van der Waals surface area contributed by atoms with Crippen molar-refractivity contribution >= 4 is 5.96 Å². The molecule has 0 unspecified atom stereocenters. The molecule has 5 nitrogen and oxygen atoms in total. The lowest BCUT2D eigenvalue weighted by Crippen LogP contribution is -2.37. The summed E-state index contributed by atoms with van der Waals surface area (Å²) in [6.07, 6.45) is 2.14. The van der Waals surface area contributed by atoms with Gasteiger partial charge in [0.2, 0.25) is 0 Å². The number of benzene rings is 1. The predicted molar refractivity (Wildman–Crippen MR) is 91.5 cm³/mol. The highest BCUT2D eigenvalue weighted by Crippen LogP contribution is 2.13. The van der Waals surface area contributed by atoms with Crippen LogP contribution < -0.4 is 15.4 Å². The molecular formula is C17H29N3O2. The van der Waals surface area contributed by atoms with E-state index in [9.17, 15) is 0 Å². The summed E-state index contributed by atoms with van der Waals surface area (Å²) in [5.74, 6) is 1.71. The molecule has 1 aromatic rings. The van der Waals surface area contributed by atoms with Crippen LogP contribution in [0.15, 0.2) is 29.3 Å². The van der Waals surface area contributed by atoms with Gasteiger partial charge in [-0.1, -0.05) is 12.1 Å². The molecule has 0 aliphatic rings. The zero-order valence-corrected chi connectivity index (χ0v) is 14.0. The van der Waals surface area contributed by atoms with E-state index in [1.807, 2.05) is 25.1 Å². The van der Waals surface area contributed by atoms with E-state index in [-0.39, 0.29) is 0 Å². The Morgan fingerprint density at radius 1 is 1.18 bits per heavy atom. The minimum Gasteiger partial charge on any atom is -0.497 e. The Balaban J connectivity index is 2.40. The van der Waals surface area contributed by atoms with Crippen LogP contribution in [0, 0.1) is 0 Å². The monoisotopic (exact) mass is 307 g/mol. The van der Waals surface area contributed by atoms with Gasteiger partial charge in [0.15, 0.2) is 5.96 Å². The van der Waals surface area contributed by atoms with Gasteiger partial charge in [0.25, 0.3) is 0 Å². The number of unbranched alkanes of at least 4 members (excludes halogenated alkanes) is 1. The Morgan fingerprint density at radius 3 is 2.77 bits per heavy atom. The van der Waals surface area contributed by atoms with E-state index in [2.05, 4.69) is 28.6 Å². The number of guanidine groups is 1. The second-order valence-electron chi connectivity index (χ2n) is 4.88. The molecule has 1 rings (SSSR count). The largest absolute Gasteiger partial charge is 0.497 e. The van der Waals surface area contributed by atoms with Crippen molar-refractivity contribution in [3.8, 4) is 5.75 Å². The van der Waals surface area contributed by atoms with Gasteiger partial charge in [-0.2, -0.15) is 0 Å². The van der Waals surface area contributed by atoms with Gasteiger partial charge in [-0.25, -0.2) is 4.99 Å². The second kappa shape index (κ2) is 11.9. The van der Waals surface area contributed by atoms with Gasteiger partial charge in [-0.3, -0.25) is 0 Å². The van der Waals surface area contributed by atoms with Gasteiger partial charge in [-0.15, -0.1) is 0 Å². The summed E-state index contributed by atoms with van der Waals surface area (Å²) in [6.45, 7) is 8.09. The van der Waals surface area contributed by atoms with Crippen molar-refractivity contribution in [2.75, 3.05) is 33.4 Å². The first-order valence-corrected chi connectivity index (χ1v) is 8.03. The van der Waals surface area contributed by atoms with Crippen LogP contribution in [0.3, 0.4) is 0 Å². The van der Waals surface area contributed by atoms with Gasteiger partial charge < -0.3 is 20.1 Å². The van der Waals surface area contributed by atoms with Gasteiger partial charge >= 0.3 is 0 Å². The molecule has 0 heterocycles. The zero-order chi connectivity index (χ0) is 16.0. The van der Waals surface area contributed by atoms with Crippen LogP contribution in [0.5, 0.6) is 5.75 Å². The minimum absolute atomic E-state index is 0.630. The van der Waals surface area contributed by atoms with Gasteiger partial charge in [0.05, 0.1) is 13.7 Å². The van der Waals surface area contributed by atoms with Gasteiger partial charge in [0.1, 0.15) is 5.75 Å². The maximum Gasteiger partial charge on any atom is 0.191 e. The molecule has 0 atom stereocenters. The molecule has 1 aromatic carbocycles. The summed E-state index contributed by atoms with van der Waals surface area (Å²) in [5, 5.41) is 6.61. The third-order valence-corrected chi connectivity index (χ3v) is 3.11. The maximum atomic E-state index is 5.33. The van der Waals surface area contributed by atoms with Crippen molar-refractivity contribution in [1.29, 1.82) is 0 Å². The van der Waals surface area contributed by atoms with Crippen LogP contribution in [0.2, 0.25) is 0 Å². The summed E-state index contributed by atoms with van der Waals surface area (Å²) in [6, 6.07) is 7.99. The standard InChI is InChI=1S/C17H29N3O2/c1-4-18-17(19-11-6-7-12-22-5-2)20-14-15-9-8-10-16(13-15)21-3/h8-10,13H,4-7,11-12,14H2,1-3H3,(H2,18,19,20). The Hall–Kier alpha value is -1.75. The van der Waals surface area contributed by atoms with Crippen LogP contribution in [0.4, 0.5) is 0 Å². The summed E-state index contributed by atoms with van der Waals surface area (Å²) < 4.78 is 10.6. The number of nitrogens with zero attached hydrogens (tertiary/aromatic N) is 1. The van der Waals surface area contributed by atoms with Crippen molar-refractivity contribution < 1.29 is 9.47 Å². The second-order valence-corrected chi connectivity index (χ2v) is 4.88. The SMILES string of the molecule is CCNC(=NCc1cccc(OC)c1)NCCCCOCC. The quantitative estimate of drug-likeness (QED) is 0.396. The lowest BCUT2D eigenvalue weighted by atomic mass is 10.2. The fraction of sp³-hybridized carbons (Fsp3) is 0.588. The first-order valence-electron chi connectivity index (χ1n) is 8.03. The molecule has 0 amide bonds. The van der Waals surface area contributed by atoms with E-state index in [0.29, 0.717) is 6.54 Å². The third kappa shape index (κ3) is 7.88. The van der Waals surface area contributed by atoms with Crippen molar-refractivity contribution in [2.24, 2.45) is 4.99 Å². The average Bonchev–Trinajstić information content (AvgIpc) is 2.56. The molecule has 0 saturated carbocycles. The normalized spacial score (nSPS) is 11.3. The van der Waals surface area contributed by atoms with Crippen molar-refractivity contribution in [3.63, 3.8) is 0 Å². The number of aliphatic imine (C=N–C) groups is 1. The average molecular weight is 307 g/mol. The van der Waals surface area contributed by atoms with Crippen LogP contribution in [-0.2, 0) is 11.3 Å². The number of nitrogens with one attached hydrogen (secondary N) is 2. The smallest absolute Gasteiger partial charge is 0.191 e. The number of hydrogen-bond acceptors (Lipinski definition) is 3. The highest BCUT2D eigenvalue weighted by Gasteiger charge is 1.99. The van der Waals surface area contributed by atoms with Crippen molar-refractivity contribution in [2.45, 2.75) is 33.2 Å². The Morgan fingerprint density at radius 2 is 2.05 bits per heavy atom. The van der Waals surface area contributed by atoms with Crippen LogP contribution in [0.25, 0.3) is 0 Å². The summed E-state index contributed by atoms with van der Waals surface area (Å²) in [5.41, 5.74) is 1.13. The fourth-order valence-electron chi connectivity index (χ4n) is 1.96. The minimum atomic E-state index is 0.630. The maximum absolute atomic E-state index is 5.33. The summed E-state index contributed by atoms with van der Waals surface area (Å²) >= 11 is 0. The number of hydrogen-bond donors (Lipinski definition) is 2. The molecule has 0 saturated heterocycles. The predicted octanol–water partition coefficient (Wildman–Crippen LogP) is 2.57. The van der Waals surface area contributed by atoms with E-state index in [4.69, 9.17) is 9.47 Å².